The van der Waals surface area contributed by atoms with E-state index in [4.69, 9.17) is 18.5 Å². The maximum Gasteiger partial charge on any atom is 0.472 e. The summed E-state index contributed by atoms with van der Waals surface area (Å²) in [7, 11) is 1.49. The Labute approximate surface area is 532 Å². The number of hydrogen-bond acceptors (Lipinski definition) is 7. The van der Waals surface area contributed by atoms with Gasteiger partial charge in [0.2, 0.25) is 0 Å². The van der Waals surface area contributed by atoms with Gasteiger partial charge in [0.15, 0.2) is 6.10 Å². The first-order chi connectivity index (χ1) is 42.0. The molecule has 0 fully saturated rings. The van der Waals surface area contributed by atoms with E-state index in [0.717, 1.165) is 83.5 Å². The van der Waals surface area contributed by atoms with Gasteiger partial charge >= 0.3 is 19.8 Å². The molecule has 0 aromatic rings. The maximum atomic E-state index is 12.9. The lowest BCUT2D eigenvalue weighted by Crippen LogP contribution is -2.37. The summed E-state index contributed by atoms with van der Waals surface area (Å²) in [5, 5.41) is 0. The summed E-state index contributed by atoms with van der Waals surface area (Å²) in [5.41, 5.74) is 0. The summed E-state index contributed by atoms with van der Waals surface area (Å²) >= 11 is 0. The molecule has 0 aromatic carbocycles. The minimum Gasteiger partial charge on any atom is -0.462 e. The third-order valence-electron chi connectivity index (χ3n) is 15.9. The van der Waals surface area contributed by atoms with Crippen molar-refractivity contribution >= 4 is 19.8 Å². The molecule has 2 atom stereocenters. The van der Waals surface area contributed by atoms with Gasteiger partial charge in [0.25, 0.3) is 0 Å². The second-order valence-electron chi connectivity index (χ2n) is 25.6. The molecule has 1 N–H and O–H groups in total. The molecule has 0 amide bonds. The molecule has 0 saturated heterocycles. The molecule has 0 aliphatic carbocycles. The van der Waals surface area contributed by atoms with Gasteiger partial charge in [0, 0.05) is 12.8 Å². The summed E-state index contributed by atoms with van der Waals surface area (Å²) in [6.45, 7) is 4.37. The Hall–Kier alpha value is -2.81. The molecule has 0 spiro atoms. The van der Waals surface area contributed by atoms with Crippen molar-refractivity contribution < 1.29 is 42.1 Å². The van der Waals surface area contributed by atoms with Crippen LogP contribution in [0.15, 0.2) is 85.1 Å². The predicted octanol–water partition coefficient (Wildman–Crippen LogP) is 23.7. The van der Waals surface area contributed by atoms with Crippen molar-refractivity contribution in [1.29, 1.82) is 0 Å². The fourth-order valence-corrected chi connectivity index (χ4v) is 11.2. The number of nitrogens with zero attached hydrogens (tertiary/aromatic N) is 1. The Morgan fingerprint density at radius 2 is 0.663 bits per heavy atom. The van der Waals surface area contributed by atoms with Crippen molar-refractivity contribution in [1.82, 2.24) is 0 Å². The fourth-order valence-electron chi connectivity index (χ4n) is 10.4. The average Bonchev–Trinajstić information content (AvgIpc) is 3.56. The van der Waals surface area contributed by atoms with E-state index in [0.29, 0.717) is 23.9 Å². The Morgan fingerprint density at radius 1 is 0.372 bits per heavy atom. The number of ether oxygens (including phenoxy) is 2. The summed E-state index contributed by atoms with van der Waals surface area (Å²) in [6, 6.07) is 0. The highest BCUT2D eigenvalue weighted by Gasteiger charge is 2.27. The first-order valence-electron chi connectivity index (χ1n) is 36.3. The molecular formula is C76H139NO8P+. The molecule has 0 radical (unpaired) electrons. The number of quaternary nitrogens is 1. The number of esters is 2. The van der Waals surface area contributed by atoms with E-state index in [-0.39, 0.29) is 25.6 Å². The van der Waals surface area contributed by atoms with E-state index < -0.39 is 26.5 Å². The number of carbonyl (C=O) groups is 2. The molecule has 0 heterocycles. The molecule has 2 unspecified atom stereocenters. The molecule has 9 nitrogen and oxygen atoms in total. The fraction of sp³-hybridized carbons (Fsp3) is 0.789. The van der Waals surface area contributed by atoms with E-state index in [2.05, 4.69) is 98.9 Å². The highest BCUT2D eigenvalue weighted by molar-refractivity contribution is 7.47. The zero-order valence-electron chi connectivity index (χ0n) is 57.0. The molecule has 0 rings (SSSR count). The molecule has 0 aromatic heterocycles. The van der Waals surface area contributed by atoms with E-state index in [9.17, 15) is 19.0 Å². The molecule has 500 valence electrons. The van der Waals surface area contributed by atoms with E-state index in [1.54, 1.807) is 0 Å². The second-order valence-corrected chi connectivity index (χ2v) is 27.1. The Morgan fingerprint density at radius 3 is 0.988 bits per heavy atom. The Kier molecular flexibility index (Phi) is 64.4. The lowest BCUT2D eigenvalue weighted by molar-refractivity contribution is -0.870. The van der Waals surface area contributed by atoms with Crippen LogP contribution in [0.1, 0.15) is 335 Å². The minimum atomic E-state index is -4.39. The van der Waals surface area contributed by atoms with Crippen molar-refractivity contribution in [2.45, 2.75) is 341 Å². The van der Waals surface area contributed by atoms with Gasteiger partial charge in [-0.25, -0.2) is 4.57 Å². The lowest BCUT2D eigenvalue weighted by Gasteiger charge is -2.24. The van der Waals surface area contributed by atoms with Crippen molar-refractivity contribution in [2.24, 2.45) is 0 Å². The van der Waals surface area contributed by atoms with Crippen LogP contribution >= 0.6 is 7.82 Å². The number of hydrogen-bond donors (Lipinski definition) is 1. The van der Waals surface area contributed by atoms with Crippen molar-refractivity contribution in [3.63, 3.8) is 0 Å². The van der Waals surface area contributed by atoms with Gasteiger partial charge in [0.05, 0.1) is 27.7 Å². The topological polar surface area (TPSA) is 108 Å². The van der Waals surface area contributed by atoms with Gasteiger partial charge in [-0.05, 0) is 70.6 Å². The number of phosphoric acid groups is 1. The lowest BCUT2D eigenvalue weighted by atomic mass is 10.0. The smallest absolute Gasteiger partial charge is 0.462 e. The van der Waals surface area contributed by atoms with Gasteiger partial charge in [-0.15, -0.1) is 0 Å². The largest absolute Gasteiger partial charge is 0.472 e. The zero-order chi connectivity index (χ0) is 62.6. The van der Waals surface area contributed by atoms with Crippen LogP contribution in [0.3, 0.4) is 0 Å². The van der Waals surface area contributed by atoms with Crippen LogP contribution in [0.5, 0.6) is 0 Å². The third-order valence-corrected chi connectivity index (χ3v) is 16.9. The summed E-state index contributed by atoms with van der Waals surface area (Å²) in [4.78, 5) is 35.9. The second kappa shape index (κ2) is 66.6. The normalized spacial score (nSPS) is 13.6. The number of unbranched alkanes of at least 4 members (excludes halogenated alkanes) is 39. The first-order valence-corrected chi connectivity index (χ1v) is 37.8. The van der Waals surface area contributed by atoms with E-state index >= 15 is 0 Å². The van der Waals surface area contributed by atoms with E-state index in [1.807, 2.05) is 21.1 Å². The van der Waals surface area contributed by atoms with Crippen LogP contribution in [0.2, 0.25) is 0 Å². The van der Waals surface area contributed by atoms with Gasteiger partial charge < -0.3 is 18.9 Å². The Balaban J connectivity index is 4.02. The van der Waals surface area contributed by atoms with E-state index in [1.165, 1.54) is 218 Å². The molecule has 0 aliphatic heterocycles. The first kappa shape index (κ1) is 83.2. The van der Waals surface area contributed by atoms with Crippen LogP contribution < -0.4 is 0 Å². The molecule has 0 bridgehead atoms. The number of rotatable bonds is 67. The monoisotopic (exact) mass is 1230 g/mol. The van der Waals surface area contributed by atoms with Crippen molar-refractivity contribution in [3.05, 3.63) is 85.1 Å². The molecule has 0 saturated carbocycles. The predicted molar refractivity (Wildman–Crippen MR) is 372 cm³/mol. The maximum absolute atomic E-state index is 12.9. The quantitative estimate of drug-likeness (QED) is 0.0211. The SMILES string of the molecule is CC/C=C\C/C=C\C/C=C\C/C=C\C/C=C\C/C=C\C/C=C\CCCCCCCCCCCCCCCC(=O)OC(COC(=O)CCCCCCCCCCCCCCCCCCCCCCCCCCCCC)COP(=O)(O)OCC[N+](C)(C)C. The van der Waals surface area contributed by atoms with Crippen LogP contribution in [-0.2, 0) is 32.7 Å². The highest BCUT2D eigenvalue weighted by atomic mass is 31.2. The standard InChI is InChI=1S/C76H138NO8P/c1-6-8-10-12-14-16-18-20-22-24-26-28-30-32-34-35-36-37-38-39-40-41-43-45-47-49-51-53-55-57-59-61-63-65-67-69-76(79)85-74(73-84-86(80,81)83-71-70-77(3,4)5)72-82-75(78)68-66-64-62-60-58-56-54-52-50-48-46-44-42-33-31-29-27-25-23-21-19-17-15-13-11-9-7-2/h8,10,14,16,20,22,26,28,32,34,36-37,39-40,74H,6-7,9,11-13,15,17-19,21,23-25,27,29-31,33,35,38,41-73H2,1-5H3/p+1/b10-8-,16-14-,22-20-,28-26-,34-32-,37-36-,40-39-. The molecule has 10 heteroatoms. The van der Waals surface area contributed by atoms with Crippen molar-refractivity contribution in [3.8, 4) is 0 Å². The highest BCUT2D eigenvalue weighted by Crippen LogP contribution is 2.43. The number of likely N-dealkylation sites (N-methyl/N-ethyl adjacent to an activating group) is 1. The van der Waals surface area contributed by atoms with Crippen molar-refractivity contribution in [2.75, 3.05) is 47.5 Å². The van der Waals surface area contributed by atoms with Crippen LogP contribution in [0, 0.1) is 0 Å². The summed E-state index contributed by atoms with van der Waals surface area (Å²) < 4.78 is 34.8. The third kappa shape index (κ3) is 70.3. The number of allylic oxidation sites excluding steroid dienone is 14. The molecule has 86 heavy (non-hydrogen) atoms. The van der Waals surface area contributed by atoms with Crippen LogP contribution in [-0.4, -0.2) is 74.9 Å². The van der Waals surface area contributed by atoms with Gasteiger partial charge in [-0.3, -0.25) is 18.6 Å². The summed E-state index contributed by atoms with van der Waals surface area (Å²) in [5.74, 6) is -0.785. The molecular weight excluding hydrogens is 1090 g/mol. The minimum absolute atomic E-state index is 0.0309. The van der Waals surface area contributed by atoms with Gasteiger partial charge in [0.1, 0.15) is 19.8 Å². The summed E-state index contributed by atoms with van der Waals surface area (Å²) in [6.07, 6.45) is 91.2. The molecule has 0 aliphatic rings. The van der Waals surface area contributed by atoms with Crippen LogP contribution in [0.25, 0.3) is 0 Å². The van der Waals surface area contributed by atoms with Gasteiger partial charge in [-0.2, -0.15) is 0 Å². The zero-order valence-corrected chi connectivity index (χ0v) is 57.9. The average molecular weight is 1230 g/mol. The van der Waals surface area contributed by atoms with Crippen LogP contribution in [0.4, 0.5) is 0 Å². The number of phosphoric ester groups is 1. The number of carbonyl (C=O) groups excluding carboxylic acids is 2. The Bertz CT molecular complexity index is 1730. The van der Waals surface area contributed by atoms with Gasteiger partial charge in [-0.1, -0.05) is 336 Å².